The van der Waals surface area contributed by atoms with E-state index >= 15 is 0 Å². The van der Waals surface area contributed by atoms with E-state index in [1.165, 1.54) is 38.5 Å². The van der Waals surface area contributed by atoms with Crippen LogP contribution >= 0.6 is 0 Å². The molecule has 0 fully saturated rings. The van der Waals surface area contributed by atoms with Crippen molar-refractivity contribution in [2.45, 2.75) is 166 Å². The van der Waals surface area contributed by atoms with Crippen molar-refractivity contribution in [3.05, 3.63) is 0 Å². The first-order valence-corrected chi connectivity index (χ1v) is 18.3. The highest BCUT2D eigenvalue weighted by molar-refractivity contribution is 7.86. The van der Waals surface area contributed by atoms with Gasteiger partial charge in [-0.2, -0.15) is 16.8 Å². The number of unbranched alkanes of at least 4 members (excludes halogenated alkanes) is 16. The molecular formula is C28H57NO8S2. The minimum Gasteiger partial charge on any atom is -0.356 e. The second-order valence-electron chi connectivity index (χ2n) is 10.8. The van der Waals surface area contributed by atoms with Gasteiger partial charge >= 0.3 is 10.4 Å². The summed E-state index contributed by atoms with van der Waals surface area (Å²) >= 11 is 0. The Balaban J connectivity index is 4.23. The van der Waals surface area contributed by atoms with Crippen LogP contribution in [0.1, 0.15) is 155 Å². The van der Waals surface area contributed by atoms with Crippen LogP contribution in [0.15, 0.2) is 0 Å². The summed E-state index contributed by atoms with van der Waals surface area (Å²) < 4.78 is 70.3. The summed E-state index contributed by atoms with van der Waals surface area (Å²) in [7, 11) is -9.43. The largest absolute Gasteiger partial charge is 0.397 e. The molecule has 0 radical (unpaired) electrons. The SMILES string of the molecule is CCCCCCCCCCNC(=O)CCCCCCCC(C(CCCCCCCC)OS(=O)(=O)O)S(=O)(=O)O. The highest BCUT2D eigenvalue weighted by Crippen LogP contribution is 2.23. The maximum absolute atomic E-state index is 12.0. The Morgan fingerprint density at radius 2 is 1.08 bits per heavy atom. The molecule has 1 amide bonds. The molecule has 0 saturated heterocycles. The molecule has 0 aliphatic carbocycles. The highest BCUT2D eigenvalue weighted by Gasteiger charge is 2.35. The van der Waals surface area contributed by atoms with Crippen LogP contribution in [0.2, 0.25) is 0 Å². The summed E-state index contributed by atoms with van der Waals surface area (Å²) in [6.07, 6.45) is 18.1. The molecule has 39 heavy (non-hydrogen) atoms. The smallest absolute Gasteiger partial charge is 0.356 e. The van der Waals surface area contributed by atoms with Crippen LogP contribution < -0.4 is 5.32 Å². The molecule has 9 nitrogen and oxygen atoms in total. The van der Waals surface area contributed by atoms with E-state index in [4.69, 9.17) is 8.74 Å². The van der Waals surface area contributed by atoms with E-state index < -0.39 is 31.9 Å². The van der Waals surface area contributed by atoms with Crippen molar-refractivity contribution >= 4 is 26.4 Å². The summed E-state index contributed by atoms with van der Waals surface area (Å²) in [6, 6.07) is 0. The summed E-state index contributed by atoms with van der Waals surface area (Å²) in [6.45, 7) is 5.03. The molecule has 0 aliphatic rings. The summed E-state index contributed by atoms with van der Waals surface area (Å²) in [4.78, 5) is 12.0. The zero-order chi connectivity index (χ0) is 29.4. The van der Waals surface area contributed by atoms with E-state index in [9.17, 15) is 26.2 Å². The van der Waals surface area contributed by atoms with Crippen LogP contribution in [-0.2, 0) is 29.5 Å². The number of nitrogens with one attached hydrogen (secondary N) is 1. The molecule has 0 bridgehead atoms. The average molecular weight is 600 g/mol. The summed E-state index contributed by atoms with van der Waals surface area (Å²) in [5.41, 5.74) is 0. The first-order valence-electron chi connectivity index (χ1n) is 15.4. The van der Waals surface area contributed by atoms with Gasteiger partial charge in [-0.05, 0) is 25.7 Å². The van der Waals surface area contributed by atoms with Gasteiger partial charge in [0.1, 0.15) is 5.25 Å². The molecule has 0 saturated carbocycles. The number of amides is 1. The van der Waals surface area contributed by atoms with Crippen LogP contribution in [0, 0.1) is 0 Å². The van der Waals surface area contributed by atoms with Crippen molar-refractivity contribution in [3.8, 4) is 0 Å². The predicted octanol–water partition coefficient (Wildman–Crippen LogP) is 7.17. The number of hydrogen-bond acceptors (Lipinski definition) is 6. The minimum atomic E-state index is -4.86. The fraction of sp³-hybridized carbons (Fsp3) is 0.964. The number of hydrogen-bond donors (Lipinski definition) is 3. The Kier molecular flexibility index (Phi) is 23.4. The van der Waals surface area contributed by atoms with Gasteiger partial charge in [-0.3, -0.25) is 13.9 Å². The molecule has 0 spiro atoms. The van der Waals surface area contributed by atoms with Gasteiger partial charge in [0.05, 0.1) is 6.10 Å². The molecule has 11 heteroatoms. The molecule has 2 unspecified atom stereocenters. The maximum atomic E-state index is 12.0. The number of carbonyl (C=O) groups excluding carboxylic acids is 1. The Morgan fingerprint density at radius 1 is 0.641 bits per heavy atom. The van der Waals surface area contributed by atoms with Gasteiger partial charge in [-0.15, -0.1) is 0 Å². The molecule has 0 aromatic carbocycles. The van der Waals surface area contributed by atoms with Crippen LogP contribution in [0.3, 0.4) is 0 Å². The fourth-order valence-corrected chi connectivity index (χ4v) is 6.49. The van der Waals surface area contributed by atoms with Gasteiger partial charge in [0.25, 0.3) is 10.1 Å². The second kappa shape index (κ2) is 23.9. The third-order valence-electron chi connectivity index (χ3n) is 7.13. The lowest BCUT2D eigenvalue weighted by Crippen LogP contribution is -2.37. The highest BCUT2D eigenvalue weighted by atomic mass is 32.3. The van der Waals surface area contributed by atoms with E-state index in [2.05, 4.69) is 19.2 Å². The van der Waals surface area contributed by atoms with Gasteiger partial charge in [0.2, 0.25) is 5.91 Å². The van der Waals surface area contributed by atoms with Gasteiger partial charge in [0.15, 0.2) is 0 Å². The van der Waals surface area contributed by atoms with Crippen molar-refractivity contribution in [2.75, 3.05) is 6.54 Å². The van der Waals surface area contributed by atoms with Crippen LogP contribution in [0.25, 0.3) is 0 Å². The third-order valence-corrected chi connectivity index (χ3v) is 8.92. The van der Waals surface area contributed by atoms with E-state index in [-0.39, 0.29) is 18.7 Å². The molecule has 0 aliphatic heterocycles. The van der Waals surface area contributed by atoms with E-state index in [0.717, 1.165) is 70.8 Å². The monoisotopic (exact) mass is 599 g/mol. The third kappa shape index (κ3) is 24.7. The quantitative estimate of drug-likeness (QED) is 0.0633. The van der Waals surface area contributed by atoms with E-state index in [1.54, 1.807) is 0 Å². The Bertz CT molecular complexity index is 802. The van der Waals surface area contributed by atoms with Crippen molar-refractivity contribution in [1.29, 1.82) is 0 Å². The Morgan fingerprint density at radius 3 is 1.56 bits per heavy atom. The molecule has 0 aromatic rings. The van der Waals surface area contributed by atoms with Crippen molar-refractivity contribution in [1.82, 2.24) is 5.32 Å². The molecule has 234 valence electrons. The zero-order valence-corrected chi connectivity index (χ0v) is 26.2. The fourth-order valence-electron chi connectivity index (χ4n) is 4.84. The van der Waals surface area contributed by atoms with Crippen molar-refractivity contribution < 1.29 is 34.9 Å². The van der Waals surface area contributed by atoms with Crippen LogP contribution in [-0.4, -0.2) is 49.7 Å². The topological polar surface area (TPSA) is 147 Å². The van der Waals surface area contributed by atoms with E-state index in [0.29, 0.717) is 25.7 Å². The first-order chi connectivity index (χ1) is 18.5. The molecule has 0 aromatic heterocycles. The Hall–Kier alpha value is -0.750. The minimum absolute atomic E-state index is 0.0357. The second-order valence-corrected chi connectivity index (χ2v) is 13.5. The molecular weight excluding hydrogens is 542 g/mol. The number of rotatable bonds is 28. The van der Waals surface area contributed by atoms with Gasteiger partial charge < -0.3 is 5.32 Å². The van der Waals surface area contributed by atoms with Crippen LogP contribution in [0.5, 0.6) is 0 Å². The first kappa shape index (κ1) is 38.2. The standard InChI is InChI=1S/C28H57NO8S2/c1-3-5-7-9-11-12-17-21-25-29-28(30)24-20-16-13-15-19-23-27(38(31,32)33)26(37-39(34,35)36)22-18-14-10-8-6-4-2/h26-27H,3-25H2,1-2H3,(H,29,30)(H,31,32,33)(H,34,35,36). The van der Waals surface area contributed by atoms with Crippen molar-refractivity contribution in [3.63, 3.8) is 0 Å². The summed E-state index contributed by atoms with van der Waals surface area (Å²) in [5, 5.41) is 1.55. The predicted molar refractivity (Wildman–Crippen MR) is 158 cm³/mol. The molecule has 0 rings (SSSR count). The van der Waals surface area contributed by atoms with Gasteiger partial charge in [0, 0.05) is 13.0 Å². The summed E-state index contributed by atoms with van der Waals surface area (Å²) in [5.74, 6) is 0.0595. The van der Waals surface area contributed by atoms with E-state index in [1.807, 2.05) is 0 Å². The normalized spacial score (nSPS) is 13.8. The zero-order valence-electron chi connectivity index (χ0n) is 24.6. The van der Waals surface area contributed by atoms with Gasteiger partial charge in [-0.25, -0.2) is 4.18 Å². The van der Waals surface area contributed by atoms with Crippen LogP contribution in [0.4, 0.5) is 0 Å². The lowest BCUT2D eigenvalue weighted by atomic mass is 10.0. The van der Waals surface area contributed by atoms with Gasteiger partial charge in [-0.1, -0.05) is 123 Å². The molecule has 2 atom stereocenters. The molecule has 0 heterocycles. The Labute approximate surface area is 239 Å². The number of carbonyl (C=O) groups is 1. The lowest BCUT2D eigenvalue weighted by Gasteiger charge is -2.23. The maximum Gasteiger partial charge on any atom is 0.397 e. The lowest BCUT2D eigenvalue weighted by molar-refractivity contribution is -0.121. The average Bonchev–Trinajstić information content (AvgIpc) is 2.84. The molecule has 3 N–H and O–H groups in total. The van der Waals surface area contributed by atoms with Crippen molar-refractivity contribution in [2.24, 2.45) is 0 Å².